The number of fused-ring (bicyclic) bond motifs is 1. The molecule has 9 heteroatoms. The molecule has 2 fully saturated rings. The van der Waals surface area contributed by atoms with Gasteiger partial charge in [0, 0.05) is 12.1 Å². The molecular weight excluding hydrogens is 434 g/mol. The number of para-hydroxylation sites is 2. The number of amides is 2. The first-order valence-corrected chi connectivity index (χ1v) is 10.2. The normalized spacial score (nSPS) is 22.3. The minimum Gasteiger partial charge on any atom is -0.273 e. The average molecular weight is 450 g/mol. The van der Waals surface area contributed by atoms with Crippen LogP contribution < -0.4 is 9.96 Å². The highest BCUT2D eigenvalue weighted by Crippen LogP contribution is 2.48. The van der Waals surface area contributed by atoms with Gasteiger partial charge in [0.15, 0.2) is 6.10 Å². The van der Waals surface area contributed by atoms with Crippen molar-refractivity contribution in [2.45, 2.75) is 12.1 Å². The molecule has 2 heterocycles. The first-order valence-electron chi connectivity index (χ1n) is 9.85. The molecule has 3 aromatic carbocycles. The van der Waals surface area contributed by atoms with Crippen LogP contribution in [0.3, 0.4) is 0 Å². The van der Waals surface area contributed by atoms with Gasteiger partial charge in [0.2, 0.25) is 5.91 Å². The quantitative estimate of drug-likeness (QED) is 0.335. The summed E-state index contributed by atoms with van der Waals surface area (Å²) in [5, 5.41) is 13.1. The van der Waals surface area contributed by atoms with Gasteiger partial charge in [-0.1, -0.05) is 54.1 Å². The molecule has 0 spiro atoms. The Balaban J connectivity index is 1.62. The Labute approximate surface area is 187 Å². The van der Waals surface area contributed by atoms with E-state index in [0.29, 0.717) is 11.3 Å². The van der Waals surface area contributed by atoms with E-state index in [0.717, 1.165) is 4.90 Å². The van der Waals surface area contributed by atoms with Crippen LogP contribution in [-0.2, 0) is 14.4 Å². The predicted molar refractivity (Wildman–Crippen MR) is 117 cm³/mol. The molecule has 0 aromatic heterocycles. The van der Waals surface area contributed by atoms with Gasteiger partial charge in [-0.25, -0.2) is 9.96 Å². The molecule has 2 saturated heterocycles. The fourth-order valence-corrected chi connectivity index (χ4v) is 4.47. The van der Waals surface area contributed by atoms with E-state index < -0.39 is 34.8 Å². The first kappa shape index (κ1) is 20.2. The Morgan fingerprint density at radius 2 is 1.62 bits per heavy atom. The van der Waals surface area contributed by atoms with Crippen LogP contribution in [0.25, 0.3) is 0 Å². The number of nitro groups is 1. The van der Waals surface area contributed by atoms with Crippen LogP contribution in [0.1, 0.15) is 11.6 Å². The van der Waals surface area contributed by atoms with Crippen molar-refractivity contribution in [1.29, 1.82) is 0 Å². The van der Waals surface area contributed by atoms with E-state index >= 15 is 0 Å². The first-order chi connectivity index (χ1) is 15.5. The number of hydrogen-bond donors (Lipinski definition) is 0. The lowest BCUT2D eigenvalue weighted by atomic mass is 9.90. The Kier molecular flexibility index (Phi) is 4.88. The largest absolute Gasteiger partial charge is 0.273 e. The second kappa shape index (κ2) is 7.74. The summed E-state index contributed by atoms with van der Waals surface area (Å²) in [5.41, 5.74) is 1.30. The molecule has 8 nitrogen and oxygen atoms in total. The highest BCUT2D eigenvalue weighted by atomic mass is 35.5. The lowest BCUT2D eigenvalue weighted by Gasteiger charge is -2.28. The molecule has 0 bridgehead atoms. The molecule has 2 aliphatic rings. The molecule has 3 atom stereocenters. The zero-order valence-electron chi connectivity index (χ0n) is 16.5. The summed E-state index contributed by atoms with van der Waals surface area (Å²) in [6.07, 6.45) is -1.08. The average Bonchev–Trinajstić information content (AvgIpc) is 3.31. The van der Waals surface area contributed by atoms with Crippen LogP contribution in [0.5, 0.6) is 0 Å². The number of nitrogens with zero attached hydrogens (tertiary/aromatic N) is 3. The number of rotatable bonds is 4. The van der Waals surface area contributed by atoms with Gasteiger partial charge in [-0.15, -0.1) is 0 Å². The summed E-state index contributed by atoms with van der Waals surface area (Å²) in [6.45, 7) is 0. The number of carbonyl (C=O) groups excluding carboxylic acids is 2. The Bertz CT molecular complexity index is 1240. The van der Waals surface area contributed by atoms with Gasteiger partial charge in [0.25, 0.3) is 11.6 Å². The highest BCUT2D eigenvalue weighted by molar-refractivity contribution is 6.36. The monoisotopic (exact) mass is 449 g/mol. The lowest BCUT2D eigenvalue weighted by molar-refractivity contribution is -0.384. The Morgan fingerprint density at radius 3 is 2.34 bits per heavy atom. The lowest BCUT2D eigenvalue weighted by Crippen LogP contribution is -2.37. The van der Waals surface area contributed by atoms with Crippen LogP contribution in [-0.4, -0.2) is 22.8 Å². The van der Waals surface area contributed by atoms with Crippen molar-refractivity contribution in [3.05, 3.63) is 99.6 Å². The molecule has 5 rings (SSSR count). The fourth-order valence-electron chi connectivity index (χ4n) is 4.25. The number of halogens is 1. The summed E-state index contributed by atoms with van der Waals surface area (Å²) in [4.78, 5) is 44.7. The number of nitro benzene ring substituents is 1. The van der Waals surface area contributed by atoms with E-state index in [4.69, 9.17) is 16.4 Å². The number of anilines is 2. The third-order valence-electron chi connectivity index (χ3n) is 5.64. The SMILES string of the molecule is O=C1[C@H]2[C@@H](c3cccc([N+](=O)[O-])c3)N(c3ccccc3)O[C@H]2C(=O)N1c1ccccc1Cl. The van der Waals surface area contributed by atoms with E-state index in [1.54, 1.807) is 60.7 Å². The van der Waals surface area contributed by atoms with E-state index in [9.17, 15) is 19.7 Å². The highest BCUT2D eigenvalue weighted by Gasteiger charge is 2.60. The Morgan fingerprint density at radius 1 is 0.906 bits per heavy atom. The van der Waals surface area contributed by atoms with Gasteiger partial charge >= 0.3 is 0 Å². The third kappa shape index (κ3) is 3.12. The number of carbonyl (C=O) groups is 2. The van der Waals surface area contributed by atoms with Gasteiger partial charge in [-0.3, -0.25) is 24.5 Å². The summed E-state index contributed by atoms with van der Waals surface area (Å²) in [6, 6.07) is 20.9. The minimum atomic E-state index is -1.08. The van der Waals surface area contributed by atoms with Crippen LogP contribution in [0, 0.1) is 16.0 Å². The number of imide groups is 1. The molecular formula is C23H16ClN3O5. The maximum absolute atomic E-state index is 13.5. The van der Waals surface area contributed by atoms with Crippen molar-refractivity contribution in [3.63, 3.8) is 0 Å². The summed E-state index contributed by atoms with van der Waals surface area (Å²) in [5.74, 6) is -1.90. The minimum absolute atomic E-state index is 0.112. The smallest absolute Gasteiger partial charge is 0.269 e. The zero-order valence-corrected chi connectivity index (χ0v) is 17.3. The Hall–Kier alpha value is -3.75. The molecule has 0 saturated carbocycles. The molecule has 2 aliphatic heterocycles. The van der Waals surface area contributed by atoms with Crippen LogP contribution in [0.4, 0.5) is 17.1 Å². The third-order valence-corrected chi connectivity index (χ3v) is 5.96. The maximum atomic E-state index is 13.5. The van der Waals surface area contributed by atoms with Crippen molar-refractivity contribution in [2.24, 2.45) is 5.92 Å². The van der Waals surface area contributed by atoms with Crippen molar-refractivity contribution in [3.8, 4) is 0 Å². The van der Waals surface area contributed by atoms with E-state index in [1.165, 1.54) is 17.2 Å². The molecule has 0 radical (unpaired) electrons. The number of non-ortho nitro benzene ring substituents is 1. The standard InChI is InChI=1S/C23H16ClN3O5/c24-17-11-4-5-12-18(17)25-22(28)19-20(14-7-6-10-16(13-14)27(30)31)26(32-21(19)23(25)29)15-8-2-1-3-9-15/h1-13,19-21H/t19-,20+,21+/m0/s1. The van der Waals surface area contributed by atoms with Gasteiger partial charge in [-0.05, 0) is 29.8 Å². The summed E-state index contributed by atoms with van der Waals surface area (Å²) < 4.78 is 0. The topological polar surface area (TPSA) is 93.0 Å². The zero-order chi connectivity index (χ0) is 22.4. The second-order valence-electron chi connectivity index (χ2n) is 7.47. The van der Waals surface area contributed by atoms with Gasteiger partial charge in [0.05, 0.1) is 27.4 Å². The molecule has 0 unspecified atom stereocenters. The number of benzene rings is 3. The number of hydrogen-bond acceptors (Lipinski definition) is 6. The van der Waals surface area contributed by atoms with E-state index in [-0.39, 0.29) is 16.4 Å². The summed E-state index contributed by atoms with van der Waals surface area (Å²) in [7, 11) is 0. The molecule has 3 aromatic rings. The maximum Gasteiger partial charge on any atom is 0.269 e. The van der Waals surface area contributed by atoms with Crippen molar-refractivity contribution in [2.75, 3.05) is 9.96 Å². The summed E-state index contributed by atoms with van der Waals surface area (Å²) >= 11 is 6.25. The van der Waals surface area contributed by atoms with Gasteiger partial charge in [0.1, 0.15) is 5.92 Å². The van der Waals surface area contributed by atoms with Crippen molar-refractivity contribution < 1.29 is 19.3 Å². The predicted octanol–water partition coefficient (Wildman–Crippen LogP) is 4.30. The van der Waals surface area contributed by atoms with Crippen LogP contribution in [0.2, 0.25) is 5.02 Å². The molecule has 2 amide bonds. The van der Waals surface area contributed by atoms with Gasteiger partial charge in [-0.2, -0.15) is 0 Å². The van der Waals surface area contributed by atoms with Crippen molar-refractivity contribution >= 4 is 40.5 Å². The van der Waals surface area contributed by atoms with E-state index in [1.807, 2.05) is 6.07 Å². The molecule has 0 N–H and O–H groups in total. The van der Waals surface area contributed by atoms with Gasteiger partial charge < -0.3 is 0 Å². The van der Waals surface area contributed by atoms with Crippen LogP contribution >= 0.6 is 11.6 Å². The van der Waals surface area contributed by atoms with Crippen molar-refractivity contribution in [1.82, 2.24) is 0 Å². The molecule has 0 aliphatic carbocycles. The van der Waals surface area contributed by atoms with Crippen LogP contribution in [0.15, 0.2) is 78.9 Å². The molecule has 32 heavy (non-hydrogen) atoms. The fraction of sp³-hybridized carbons (Fsp3) is 0.130. The second-order valence-corrected chi connectivity index (χ2v) is 7.88. The number of hydroxylamine groups is 1. The molecule has 160 valence electrons. The van der Waals surface area contributed by atoms with E-state index in [2.05, 4.69) is 0 Å².